The summed E-state index contributed by atoms with van der Waals surface area (Å²) in [6.07, 6.45) is 7.81. The van der Waals surface area contributed by atoms with Crippen LogP contribution in [0.25, 0.3) is 0 Å². The molecule has 5 nitrogen and oxygen atoms in total. The van der Waals surface area contributed by atoms with Crippen molar-refractivity contribution in [1.29, 1.82) is 0 Å². The minimum atomic E-state index is -0.752. The minimum Gasteiger partial charge on any atom is -0.296 e. The summed E-state index contributed by atoms with van der Waals surface area (Å²) in [6.45, 7) is 3.60. The van der Waals surface area contributed by atoms with Gasteiger partial charge < -0.3 is 0 Å². The molecule has 4 aliphatic rings. The van der Waals surface area contributed by atoms with Gasteiger partial charge in [-0.25, -0.2) is 9.98 Å². The number of allylic oxidation sites excluding steroid dienone is 2. The van der Waals surface area contributed by atoms with Crippen molar-refractivity contribution in [3.05, 3.63) is 11.3 Å². The van der Waals surface area contributed by atoms with Crippen molar-refractivity contribution in [2.45, 2.75) is 57.9 Å². The molecule has 0 aromatic carbocycles. The van der Waals surface area contributed by atoms with E-state index in [0.29, 0.717) is 17.3 Å². The van der Waals surface area contributed by atoms with Crippen LogP contribution in [0, 0.1) is 11.8 Å². The molecular formula is C18H21N3O2. The number of hydrogen-bond acceptors (Lipinski definition) is 5. The third-order valence-corrected chi connectivity index (χ3v) is 5.40. The molecule has 0 amide bonds. The Kier molecular flexibility index (Phi) is 3.22. The van der Waals surface area contributed by atoms with E-state index in [1.54, 1.807) is 20.1 Å². The SMILES string of the molecule is CC1(C)N=CC2=C3N=C(C4CCCCC4)N=C3C(=O)CC2C1=O. The fourth-order valence-corrected chi connectivity index (χ4v) is 3.96. The van der Waals surface area contributed by atoms with Crippen LogP contribution in [0.4, 0.5) is 0 Å². The van der Waals surface area contributed by atoms with Crippen LogP contribution < -0.4 is 0 Å². The number of fused-ring (bicyclic) bond motifs is 2. The van der Waals surface area contributed by atoms with Crippen LogP contribution in [-0.4, -0.2) is 34.9 Å². The van der Waals surface area contributed by atoms with E-state index in [0.717, 1.165) is 24.3 Å². The first kappa shape index (κ1) is 14.7. The maximum Gasteiger partial charge on any atom is 0.184 e. The molecule has 0 aromatic rings. The van der Waals surface area contributed by atoms with Gasteiger partial charge >= 0.3 is 0 Å². The van der Waals surface area contributed by atoms with Gasteiger partial charge in [0, 0.05) is 24.1 Å². The fourth-order valence-electron chi connectivity index (χ4n) is 3.96. The first-order valence-electron chi connectivity index (χ1n) is 8.52. The Balaban J connectivity index is 1.78. The van der Waals surface area contributed by atoms with Crippen molar-refractivity contribution in [2.24, 2.45) is 26.8 Å². The summed E-state index contributed by atoms with van der Waals surface area (Å²) in [4.78, 5) is 38.7. The van der Waals surface area contributed by atoms with E-state index in [1.165, 1.54) is 19.3 Å². The maximum absolute atomic E-state index is 12.6. The van der Waals surface area contributed by atoms with Crippen molar-refractivity contribution < 1.29 is 9.59 Å². The zero-order valence-corrected chi connectivity index (χ0v) is 13.6. The molecule has 5 heteroatoms. The lowest BCUT2D eigenvalue weighted by atomic mass is 9.74. The summed E-state index contributed by atoms with van der Waals surface area (Å²) < 4.78 is 0. The molecular weight excluding hydrogens is 290 g/mol. The Morgan fingerprint density at radius 2 is 1.83 bits per heavy atom. The number of nitrogens with zero attached hydrogens (tertiary/aromatic N) is 3. The molecule has 23 heavy (non-hydrogen) atoms. The number of amidine groups is 1. The Morgan fingerprint density at radius 1 is 1.09 bits per heavy atom. The molecule has 1 atom stereocenters. The first-order valence-corrected chi connectivity index (χ1v) is 8.52. The summed E-state index contributed by atoms with van der Waals surface area (Å²) in [5.74, 6) is 0.702. The van der Waals surface area contributed by atoms with E-state index in [-0.39, 0.29) is 18.0 Å². The predicted octanol–water partition coefficient (Wildman–Crippen LogP) is 2.70. The number of rotatable bonds is 1. The Morgan fingerprint density at radius 3 is 2.57 bits per heavy atom. The van der Waals surface area contributed by atoms with Crippen LogP contribution in [0.5, 0.6) is 0 Å². The molecule has 1 fully saturated rings. The molecule has 120 valence electrons. The highest BCUT2D eigenvalue weighted by Gasteiger charge is 2.45. The molecule has 1 saturated carbocycles. The van der Waals surface area contributed by atoms with E-state index in [9.17, 15) is 9.59 Å². The Labute approximate surface area is 135 Å². The molecule has 1 unspecified atom stereocenters. The topological polar surface area (TPSA) is 71.2 Å². The summed E-state index contributed by atoms with van der Waals surface area (Å²) in [7, 11) is 0. The summed E-state index contributed by atoms with van der Waals surface area (Å²) in [6, 6.07) is 0. The number of ketones is 2. The van der Waals surface area contributed by atoms with Crippen LogP contribution >= 0.6 is 0 Å². The van der Waals surface area contributed by atoms with Crippen LogP contribution in [0.2, 0.25) is 0 Å². The van der Waals surface area contributed by atoms with Gasteiger partial charge in [-0.2, -0.15) is 0 Å². The monoisotopic (exact) mass is 311 g/mol. The van der Waals surface area contributed by atoms with Crippen molar-refractivity contribution in [1.82, 2.24) is 0 Å². The van der Waals surface area contributed by atoms with Gasteiger partial charge in [-0.15, -0.1) is 0 Å². The maximum atomic E-state index is 12.6. The second-order valence-electron chi connectivity index (χ2n) is 7.43. The van der Waals surface area contributed by atoms with Gasteiger partial charge in [-0.3, -0.25) is 14.6 Å². The number of Topliss-reactive ketones (excluding diaryl/α,β-unsaturated/α-hetero) is 2. The van der Waals surface area contributed by atoms with Gasteiger partial charge in [0.05, 0.1) is 5.92 Å². The van der Waals surface area contributed by atoms with Crippen molar-refractivity contribution in [3.63, 3.8) is 0 Å². The Hall–Kier alpha value is -1.91. The number of aliphatic imine (C=N–C) groups is 3. The van der Waals surface area contributed by atoms with Gasteiger partial charge in [0.15, 0.2) is 11.6 Å². The van der Waals surface area contributed by atoms with Crippen molar-refractivity contribution >= 4 is 29.3 Å². The number of hydrogen-bond donors (Lipinski definition) is 0. The predicted molar refractivity (Wildman–Crippen MR) is 89.2 cm³/mol. The summed E-state index contributed by atoms with van der Waals surface area (Å²) >= 11 is 0. The standard InChI is InChI=1S/C18H21N3O2/c1-18(2)16(23)11-8-13(22)15-14(12(11)9-19-18)20-17(21-15)10-6-4-3-5-7-10/h9-11H,3-8H2,1-2H3. The normalized spacial score (nSPS) is 30.1. The van der Waals surface area contributed by atoms with Gasteiger partial charge in [-0.1, -0.05) is 19.3 Å². The fraction of sp³-hybridized carbons (Fsp3) is 0.611. The lowest BCUT2D eigenvalue weighted by Gasteiger charge is -2.32. The van der Waals surface area contributed by atoms with E-state index < -0.39 is 11.5 Å². The van der Waals surface area contributed by atoms with Crippen LogP contribution in [0.15, 0.2) is 26.2 Å². The highest BCUT2D eigenvalue weighted by atomic mass is 16.1. The molecule has 0 saturated heterocycles. The van der Waals surface area contributed by atoms with Gasteiger partial charge in [0.25, 0.3) is 0 Å². The Bertz CT molecular complexity index is 719. The number of carbonyl (C=O) groups excluding carboxylic acids is 2. The second kappa shape index (κ2) is 5.05. The summed E-state index contributed by atoms with van der Waals surface area (Å²) in [5.41, 5.74) is 1.10. The lowest BCUT2D eigenvalue weighted by Crippen LogP contribution is -2.44. The zero-order chi connectivity index (χ0) is 16.2. The second-order valence-corrected chi connectivity index (χ2v) is 7.43. The average molecular weight is 311 g/mol. The first-order chi connectivity index (χ1) is 11.0. The molecule has 4 rings (SSSR count). The van der Waals surface area contributed by atoms with Crippen LogP contribution in [0.1, 0.15) is 52.4 Å². The molecule has 0 N–H and O–H groups in total. The molecule has 0 bridgehead atoms. The third kappa shape index (κ3) is 2.25. The molecule has 0 spiro atoms. The van der Waals surface area contributed by atoms with E-state index >= 15 is 0 Å². The highest BCUT2D eigenvalue weighted by molar-refractivity contribution is 6.51. The van der Waals surface area contributed by atoms with E-state index in [1.807, 2.05) is 0 Å². The molecule has 2 aliphatic heterocycles. The van der Waals surface area contributed by atoms with E-state index in [4.69, 9.17) is 0 Å². The molecule has 0 aromatic heterocycles. The van der Waals surface area contributed by atoms with Crippen molar-refractivity contribution in [2.75, 3.05) is 0 Å². The van der Waals surface area contributed by atoms with Crippen LogP contribution in [0.3, 0.4) is 0 Å². The van der Waals surface area contributed by atoms with Gasteiger partial charge in [-0.05, 0) is 26.7 Å². The molecule has 0 radical (unpaired) electrons. The molecule has 2 heterocycles. The highest BCUT2D eigenvalue weighted by Crippen LogP contribution is 2.38. The number of carbonyl (C=O) groups is 2. The minimum absolute atomic E-state index is 0.0104. The van der Waals surface area contributed by atoms with E-state index in [2.05, 4.69) is 15.0 Å². The van der Waals surface area contributed by atoms with Gasteiger partial charge in [0.1, 0.15) is 22.8 Å². The van der Waals surface area contributed by atoms with Crippen LogP contribution in [-0.2, 0) is 9.59 Å². The summed E-state index contributed by atoms with van der Waals surface area (Å²) in [5, 5.41) is 0. The van der Waals surface area contributed by atoms with Gasteiger partial charge in [0.2, 0.25) is 0 Å². The zero-order valence-electron chi connectivity index (χ0n) is 13.6. The average Bonchev–Trinajstić information content (AvgIpc) is 2.99. The largest absolute Gasteiger partial charge is 0.296 e. The third-order valence-electron chi connectivity index (χ3n) is 5.40. The van der Waals surface area contributed by atoms with Crippen molar-refractivity contribution in [3.8, 4) is 0 Å². The molecule has 2 aliphatic carbocycles. The quantitative estimate of drug-likeness (QED) is 0.747. The lowest BCUT2D eigenvalue weighted by molar-refractivity contribution is -0.128. The smallest absolute Gasteiger partial charge is 0.184 e.